The molecule has 0 aromatic carbocycles. The Hall–Kier alpha value is -1.94. The molecule has 0 aromatic rings. The molecule has 7 atom stereocenters. The van der Waals surface area contributed by atoms with Gasteiger partial charge in [0, 0.05) is 25.7 Å². The van der Waals surface area contributed by atoms with Crippen LogP contribution in [0.4, 0.5) is 0 Å². The first-order chi connectivity index (χ1) is 47.2. The fourth-order valence-electron chi connectivity index (χ4n) is 12.0. The minimum Gasteiger partial charge on any atom is -0.462 e. The van der Waals surface area contributed by atoms with Gasteiger partial charge in [-0.05, 0) is 49.4 Å². The Morgan fingerprint density at radius 1 is 0.286 bits per heavy atom. The number of hydrogen-bond donors (Lipinski definition) is 3. The number of ether oxygens (including phenoxy) is 4. The van der Waals surface area contributed by atoms with Crippen molar-refractivity contribution in [2.75, 3.05) is 39.6 Å². The maximum absolute atomic E-state index is 13.1. The monoisotopic (exact) mass is 1440 g/mol. The Morgan fingerprint density at radius 2 is 0.490 bits per heavy atom. The van der Waals surface area contributed by atoms with E-state index in [2.05, 4.69) is 55.4 Å². The summed E-state index contributed by atoms with van der Waals surface area (Å²) >= 11 is 0. The first-order valence-corrected chi connectivity index (χ1v) is 43.8. The van der Waals surface area contributed by atoms with Crippen LogP contribution in [0.3, 0.4) is 0 Å². The number of hydrogen-bond acceptors (Lipinski definition) is 15. The molecule has 3 N–H and O–H groups in total. The molecule has 0 aliphatic carbocycles. The lowest BCUT2D eigenvalue weighted by Gasteiger charge is -2.21. The zero-order valence-electron chi connectivity index (χ0n) is 64.4. The highest BCUT2D eigenvalue weighted by Gasteiger charge is 2.30. The Labute approximate surface area is 600 Å². The zero-order chi connectivity index (χ0) is 72.4. The van der Waals surface area contributed by atoms with Crippen molar-refractivity contribution in [3.63, 3.8) is 0 Å². The number of aliphatic hydroxyl groups excluding tert-OH is 1. The van der Waals surface area contributed by atoms with Crippen LogP contribution >= 0.6 is 15.6 Å². The van der Waals surface area contributed by atoms with Crippen molar-refractivity contribution >= 4 is 39.5 Å². The van der Waals surface area contributed by atoms with Crippen LogP contribution in [0.2, 0.25) is 0 Å². The number of unbranched alkanes of at least 4 members (excludes halogenated alkanes) is 40. The molecule has 0 rings (SSSR count). The fraction of sp³-hybridized carbons (Fsp3) is 0.949. The smallest absolute Gasteiger partial charge is 0.462 e. The van der Waals surface area contributed by atoms with Crippen molar-refractivity contribution in [3.05, 3.63) is 0 Å². The number of esters is 4. The molecule has 0 saturated heterocycles. The van der Waals surface area contributed by atoms with Crippen molar-refractivity contribution in [1.29, 1.82) is 0 Å². The highest BCUT2D eigenvalue weighted by Crippen LogP contribution is 2.45. The van der Waals surface area contributed by atoms with Crippen LogP contribution in [-0.2, 0) is 65.4 Å². The maximum Gasteiger partial charge on any atom is 0.472 e. The van der Waals surface area contributed by atoms with Crippen LogP contribution in [-0.4, -0.2) is 96.7 Å². The summed E-state index contributed by atoms with van der Waals surface area (Å²) in [7, 11) is -9.92. The number of rotatable bonds is 76. The van der Waals surface area contributed by atoms with Crippen molar-refractivity contribution < 1.29 is 80.2 Å². The number of aliphatic hydroxyl groups is 1. The largest absolute Gasteiger partial charge is 0.472 e. The van der Waals surface area contributed by atoms with E-state index in [-0.39, 0.29) is 25.7 Å². The summed E-state index contributed by atoms with van der Waals surface area (Å²) in [5.41, 5.74) is 0. The SMILES string of the molecule is CCC(C)CCCCCCCCCCC(=O)OC[C@H](COP(=O)(O)OC[C@H](O)COP(=O)(O)OC[C@@H](COC(=O)CCCCCCCCCCCCCCCC(C)C)OC(=O)CCCCCCCCCCCCCCCCCC(C)C)OC(=O)CCCCCCCCCCC(C)CC. The third-order valence-corrected chi connectivity index (χ3v) is 20.9. The van der Waals surface area contributed by atoms with Gasteiger partial charge >= 0.3 is 39.5 Å². The fourth-order valence-corrected chi connectivity index (χ4v) is 13.6. The lowest BCUT2D eigenvalue weighted by molar-refractivity contribution is -0.161. The van der Waals surface area contributed by atoms with E-state index in [4.69, 9.17) is 37.0 Å². The van der Waals surface area contributed by atoms with Gasteiger partial charge in [0.25, 0.3) is 0 Å². The second kappa shape index (κ2) is 68.2. The molecule has 582 valence electrons. The van der Waals surface area contributed by atoms with E-state index in [1.165, 1.54) is 205 Å². The molecule has 0 aliphatic rings. The molecule has 0 saturated carbocycles. The number of carbonyl (C=O) groups excluding carboxylic acids is 4. The molecule has 0 radical (unpaired) electrons. The van der Waals surface area contributed by atoms with Gasteiger partial charge in [0.05, 0.1) is 26.4 Å². The van der Waals surface area contributed by atoms with Gasteiger partial charge in [-0.1, -0.05) is 351 Å². The molecule has 0 aromatic heterocycles. The predicted molar refractivity (Wildman–Crippen MR) is 400 cm³/mol. The highest BCUT2D eigenvalue weighted by atomic mass is 31.2. The van der Waals surface area contributed by atoms with Crippen LogP contribution in [0.5, 0.6) is 0 Å². The summed E-state index contributed by atoms with van der Waals surface area (Å²) in [6, 6.07) is 0. The quantitative estimate of drug-likeness (QED) is 0.0222. The molecule has 17 nitrogen and oxygen atoms in total. The van der Waals surface area contributed by atoms with Crippen LogP contribution in [0.25, 0.3) is 0 Å². The molecular weight excluding hydrogens is 1280 g/mol. The Kier molecular flexibility index (Phi) is 66.8. The van der Waals surface area contributed by atoms with E-state index in [1.54, 1.807) is 0 Å². The molecular formula is C79H154O17P2. The summed E-state index contributed by atoms with van der Waals surface area (Å²) in [6.07, 6.45) is 54.0. The Morgan fingerprint density at radius 3 is 0.724 bits per heavy atom. The van der Waals surface area contributed by atoms with Gasteiger partial charge in [-0.2, -0.15) is 0 Å². The molecule has 0 fully saturated rings. The van der Waals surface area contributed by atoms with Gasteiger partial charge in [0.1, 0.15) is 19.3 Å². The molecule has 19 heteroatoms. The average molecular weight is 1440 g/mol. The number of carbonyl (C=O) groups is 4. The summed E-state index contributed by atoms with van der Waals surface area (Å²) in [5, 5.41) is 10.6. The highest BCUT2D eigenvalue weighted by molar-refractivity contribution is 7.47. The Balaban J connectivity index is 5.27. The van der Waals surface area contributed by atoms with Crippen molar-refractivity contribution in [1.82, 2.24) is 0 Å². The second-order valence-electron chi connectivity index (χ2n) is 29.9. The summed E-state index contributed by atoms with van der Waals surface area (Å²) < 4.78 is 68.7. The van der Waals surface area contributed by atoms with Crippen LogP contribution in [0.15, 0.2) is 0 Å². The molecule has 0 spiro atoms. The third-order valence-electron chi connectivity index (χ3n) is 19.0. The normalized spacial score (nSPS) is 14.6. The summed E-state index contributed by atoms with van der Waals surface area (Å²) in [6.45, 7) is 14.3. The van der Waals surface area contributed by atoms with Gasteiger partial charge < -0.3 is 33.8 Å². The zero-order valence-corrected chi connectivity index (χ0v) is 66.2. The first-order valence-electron chi connectivity index (χ1n) is 40.8. The van der Waals surface area contributed by atoms with E-state index >= 15 is 0 Å². The van der Waals surface area contributed by atoms with Gasteiger partial charge in [-0.15, -0.1) is 0 Å². The lowest BCUT2D eigenvalue weighted by Crippen LogP contribution is -2.30. The van der Waals surface area contributed by atoms with E-state index in [0.717, 1.165) is 114 Å². The predicted octanol–water partition coefficient (Wildman–Crippen LogP) is 23.2. The second-order valence-corrected chi connectivity index (χ2v) is 32.8. The lowest BCUT2D eigenvalue weighted by atomic mass is 9.99. The van der Waals surface area contributed by atoms with Crippen molar-refractivity contribution in [2.45, 2.75) is 420 Å². The van der Waals surface area contributed by atoms with Gasteiger partial charge in [-0.25, -0.2) is 9.13 Å². The van der Waals surface area contributed by atoms with Crippen LogP contribution in [0.1, 0.15) is 402 Å². The van der Waals surface area contributed by atoms with E-state index in [1.807, 2.05) is 0 Å². The van der Waals surface area contributed by atoms with Crippen molar-refractivity contribution in [2.24, 2.45) is 23.7 Å². The molecule has 0 amide bonds. The van der Waals surface area contributed by atoms with Crippen LogP contribution in [0, 0.1) is 23.7 Å². The van der Waals surface area contributed by atoms with E-state index in [9.17, 15) is 43.2 Å². The number of phosphoric ester groups is 2. The van der Waals surface area contributed by atoms with Gasteiger partial charge in [0.15, 0.2) is 12.2 Å². The van der Waals surface area contributed by atoms with Gasteiger partial charge in [0.2, 0.25) is 0 Å². The van der Waals surface area contributed by atoms with E-state index < -0.39 is 97.5 Å². The molecule has 4 unspecified atom stereocenters. The van der Waals surface area contributed by atoms with Crippen molar-refractivity contribution in [3.8, 4) is 0 Å². The molecule has 0 heterocycles. The number of phosphoric acid groups is 2. The molecule has 98 heavy (non-hydrogen) atoms. The average Bonchev–Trinajstić information content (AvgIpc) is 0.994. The standard InChI is InChI=1S/C79H154O17P2/c1-9-71(7)57-49-41-33-27-29-36-44-52-60-77(82)90-66-75(96-79(84)62-54-46-38-30-28-34-42-50-58-72(8)10-2)68-94-98(87,88)92-64-73(80)63-91-97(85,86)93-67-74(65-89-76(81)59-51-43-35-25-21-18-14-16-20-24-32-40-48-56-70(5)6)95-78(83)61-53-45-37-26-22-17-13-11-12-15-19-23-31-39-47-55-69(3)4/h69-75,80H,9-68H2,1-8H3,(H,85,86)(H,87,88)/t71?,72?,73-,74-,75-/m1/s1. The minimum absolute atomic E-state index is 0.104. The maximum atomic E-state index is 13.1. The Bertz CT molecular complexity index is 1920. The minimum atomic E-state index is -4.96. The van der Waals surface area contributed by atoms with Crippen LogP contribution < -0.4 is 0 Å². The summed E-state index contributed by atoms with van der Waals surface area (Å²) in [5.74, 6) is 1.02. The first kappa shape index (κ1) is 96.1. The third kappa shape index (κ3) is 69.8. The topological polar surface area (TPSA) is 237 Å². The summed E-state index contributed by atoms with van der Waals surface area (Å²) in [4.78, 5) is 73.0. The molecule has 0 aliphatic heterocycles. The van der Waals surface area contributed by atoms with E-state index in [0.29, 0.717) is 25.7 Å². The molecule has 0 bridgehead atoms. The van der Waals surface area contributed by atoms with Gasteiger partial charge in [-0.3, -0.25) is 37.3 Å².